The van der Waals surface area contributed by atoms with Crippen molar-refractivity contribution >= 4 is 11.6 Å². The van der Waals surface area contributed by atoms with Gasteiger partial charge in [0.1, 0.15) is 16.7 Å². The van der Waals surface area contributed by atoms with E-state index in [4.69, 9.17) is 11.6 Å². The number of benzene rings is 2. The van der Waals surface area contributed by atoms with Gasteiger partial charge in [-0.3, -0.25) is 0 Å². The van der Waals surface area contributed by atoms with Crippen molar-refractivity contribution in [3.63, 3.8) is 0 Å². The molecular weight excluding hydrogens is 374 g/mol. The summed E-state index contributed by atoms with van der Waals surface area (Å²) in [5, 5.41) is -0.439. The van der Waals surface area contributed by atoms with Gasteiger partial charge in [-0.2, -0.15) is 0 Å². The van der Waals surface area contributed by atoms with Crippen LogP contribution < -0.4 is 0 Å². The van der Waals surface area contributed by atoms with E-state index < -0.39 is 16.7 Å². The number of rotatable bonds is 4. The van der Waals surface area contributed by atoms with Crippen LogP contribution in [0.4, 0.5) is 8.78 Å². The van der Waals surface area contributed by atoms with Crippen LogP contribution in [0.3, 0.4) is 0 Å². The summed E-state index contributed by atoms with van der Waals surface area (Å²) in [6.45, 7) is 2.31. The van der Waals surface area contributed by atoms with Gasteiger partial charge in [-0.15, -0.1) is 0 Å². The Kier molecular flexibility index (Phi) is 6.06. The normalized spacial score (nSPS) is 27.4. The molecule has 0 aromatic heterocycles. The van der Waals surface area contributed by atoms with E-state index in [1.165, 1.54) is 69.1 Å². The molecule has 2 fully saturated rings. The molecule has 4 atom stereocenters. The number of fused-ring (bicyclic) bond motifs is 1. The summed E-state index contributed by atoms with van der Waals surface area (Å²) in [6.07, 6.45) is 10.9. The third-order valence-electron chi connectivity index (χ3n) is 7.12. The van der Waals surface area contributed by atoms with Crippen LogP contribution in [0.5, 0.6) is 0 Å². The fourth-order valence-corrected chi connectivity index (χ4v) is 5.74. The third kappa shape index (κ3) is 4.13. The molecule has 0 amide bonds. The smallest absolute Gasteiger partial charge is 0.145 e. The lowest BCUT2D eigenvalue weighted by Crippen LogP contribution is -2.30. The first-order valence-corrected chi connectivity index (χ1v) is 11.2. The summed E-state index contributed by atoms with van der Waals surface area (Å²) in [7, 11) is 0. The average molecular weight is 403 g/mol. The summed E-state index contributed by atoms with van der Waals surface area (Å²) in [4.78, 5) is 0. The van der Waals surface area contributed by atoms with Crippen molar-refractivity contribution in [3.05, 3.63) is 58.6 Å². The van der Waals surface area contributed by atoms with Gasteiger partial charge in [0, 0.05) is 0 Å². The van der Waals surface area contributed by atoms with Crippen molar-refractivity contribution in [2.75, 3.05) is 0 Å². The van der Waals surface area contributed by atoms with E-state index in [-0.39, 0.29) is 0 Å². The molecule has 4 unspecified atom stereocenters. The Morgan fingerprint density at radius 3 is 2.18 bits per heavy atom. The highest BCUT2D eigenvalue weighted by atomic mass is 35.5. The van der Waals surface area contributed by atoms with Crippen LogP contribution in [0.25, 0.3) is 11.1 Å². The van der Waals surface area contributed by atoms with Gasteiger partial charge < -0.3 is 0 Å². The second-order valence-electron chi connectivity index (χ2n) is 8.87. The molecule has 2 aromatic carbocycles. The first kappa shape index (κ1) is 19.9. The van der Waals surface area contributed by atoms with E-state index in [0.717, 1.165) is 23.3 Å². The van der Waals surface area contributed by atoms with Crippen LogP contribution in [0, 0.1) is 29.4 Å². The molecule has 3 heteroatoms. The maximum absolute atomic E-state index is 13.8. The maximum Gasteiger partial charge on any atom is 0.145 e. The largest absolute Gasteiger partial charge is 0.205 e. The number of hydrogen-bond acceptors (Lipinski definition) is 0. The Morgan fingerprint density at radius 1 is 0.857 bits per heavy atom. The van der Waals surface area contributed by atoms with Crippen molar-refractivity contribution in [1.29, 1.82) is 0 Å². The molecule has 0 N–H and O–H groups in total. The summed E-state index contributed by atoms with van der Waals surface area (Å²) in [6, 6.07) is 10.9. The van der Waals surface area contributed by atoms with Crippen LogP contribution in [0.1, 0.15) is 69.8 Å². The summed E-state index contributed by atoms with van der Waals surface area (Å²) >= 11 is 5.60. The van der Waals surface area contributed by atoms with Crippen LogP contribution in [-0.2, 0) is 0 Å². The summed E-state index contributed by atoms with van der Waals surface area (Å²) < 4.78 is 27.5. The quantitative estimate of drug-likeness (QED) is 0.450. The van der Waals surface area contributed by atoms with E-state index in [2.05, 4.69) is 19.1 Å². The van der Waals surface area contributed by atoms with Crippen molar-refractivity contribution in [3.8, 4) is 11.1 Å². The zero-order valence-electron chi connectivity index (χ0n) is 16.6. The lowest BCUT2D eigenvalue weighted by molar-refractivity contribution is 0.114. The minimum absolute atomic E-state index is 0.439. The molecule has 0 saturated heterocycles. The van der Waals surface area contributed by atoms with Gasteiger partial charge >= 0.3 is 0 Å². The highest BCUT2D eigenvalue weighted by molar-refractivity contribution is 6.31. The van der Waals surface area contributed by atoms with Crippen molar-refractivity contribution in [2.45, 2.75) is 64.2 Å². The topological polar surface area (TPSA) is 0 Å². The lowest BCUT2D eigenvalue weighted by atomic mass is 9.63. The van der Waals surface area contributed by atoms with E-state index in [1.54, 1.807) is 0 Å². The van der Waals surface area contributed by atoms with E-state index in [1.807, 2.05) is 12.1 Å². The van der Waals surface area contributed by atoms with E-state index >= 15 is 0 Å². The van der Waals surface area contributed by atoms with Gasteiger partial charge in [0.25, 0.3) is 0 Å². The second-order valence-corrected chi connectivity index (χ2v) is 9.25. The molecule has 2 aliphatic rings. The minimum Gasteiger partial charge on any atom is -0.205 e. The Morgan fingerprint density at radius 2 is 1.50 bits per heavy atom. The highest BCUT2D eigenvalue weighted by Crippen LogP contribution is 2.48. The van der Waals surface area contributed by atoms with Crippen molar-refractivity contribution < 1.29 is 8.78 Å². The molecule has 0 bridgehead atoms. The maximum atomic E-state index is 13.8. The summed E-state index contributed by atoms with van der Waals surface area (Å²) in [5.74, 6) is 1.97. The van der Waals surface area contributed by atoms with Crippen LogP contribution in [0.15, 0.2) is 36.4 Å². The van der Waals surface area contributed by atoms with Crippen LogP contribution >= 0.6 is 11.6 Å². The Balaban J connectivity index is 1.44. The number of halogens is 3. The zero-order chi connectivity index (χ0) is 19.7. The van der Waals surface area contributed by atoms with Crippen molar-refractivity contribution in [1.82, 2.24) is 0 Å². The first-order valence-electron chi connectivity index (χ1n) is 10.8. The molecule has 0 nitrogen and oxygen atoms in total. The second kappa shape index (κ2) is 8.53. The Labute approximate surface area is 172 Å². The lowest BCUT2D eigenvalue weighted by Gasteiger charge is -2.42. The molecule has 0 spiro atoms. The molecule has 2 saturated carbocycles. The van der Waals surface area contributed by atoms with Gasteiger partial charge in [-0.05, 0) is 84.6 Å². The van der Waals surface area contributed by atoms with Crippen LogP contribution in [0.2, 0.25) is 5.02 Å². The highest BCUT2D eigenvalue weighted by Gasteiger charge is 2.35. The molecular formula is C25H29ClF2. The molecule has 2 aromatic rings. The predicted octanol–water partition coefficient (Wildman–Crippen LogP) is 8.39. The molecule has 0 aliphatic heterocycles. The van der Waals surface area contributed by atoms with Gasteiger partial charge in [-0.25, -0.2) is 8.78 Å². The van der Waals surface area contributed by atoms with Crippen molar-refractivity contribution in [2.24, 2.45) is 17.8 Å². The Bertz CT molecular complexity index is 791. The molecule has 0 heterocycles. The van der Waals surface area contributed by atoms with Gasteiger partial charge in [-0.1, -0.05) is 62.1 Å². The SMILES string of the molecule is CCCC1CCC2CC(c3ccc(-c4cc(F)c(Cl)c(F)c4)cc3)CCC2C1. The fraction of sp³-hybridized carbons (Fsp3) is 0.520. The Hall–Kier alpha value is -1.41. The molecule has 4 rings (SSSR count). The van der Waals surface area contributed by atoms with Crippen LogP contribution in [-0.4, -0.2) is 0 Å². The van der Waals surface area contributed by atoms with Gasteiger partial charge in [0.2, 0.25) is 0 Å². The molecule has 28 heavy (non-hydrogen) atoms. The van der Waals surface area contributed by atoms with E-state index in [0.29, 0.717) is 11.5 Å². The standard InChI is InChI=1S/C25H29ClF2/c1-2-3-16-4-5-21-13-20(11-10-19(21)12-16)17-6-8-18(9-7-17)22-14-23(27)25(26)24(28)15-22/h6-9,14-16,19-21H,2-5,10-13H2,1H3. The first-order chi connectivity index (χ1) is 13.5. The predicted molar refractivity (Wildman–Crippen MR) is 113 cm³/mol. The van der Waals surface area contributed by atoms with E-state index in [9.17, 15) is 8.78 Å². The third-order valence-corrected chi connectivity index (χ3v) is 7.48. The van der Waals surface area contributed by atoms with Gasteiger partial charge in [0.05, 0.1) is 0 Å². The summed E-state index contributed by atoms with van der Waals surface area (Å²) in [5.41, 5.74) is 2.73. The average Bonchev–Trinajstić information content (AvgIpc) is 2.71. The van der Waals surface area contributed by atoms with Gasteiger partial charge in [0.15, 0.2) is 0 Å². The fourth-order valence-electron chi connectivity index (χ4n) is 5.63. The number of hydrogen-bond donors (Lipinski definition) is 0. The minimum atomic E-state index is -0.710. The molecule has 150 valence electrons. The molecule has 0 radical (unpaired) electrons. The molecule has 2 aliphatic carbocycles. The monoisotopic (exact) mass is 402 g/mol. The zero-order valence-corrected chi connectivity index (χ0v) is 17.3.